The van der Waals surface area contributed by atoms with E-state index in [-0.39, 0.29) is 30.1 Å². The fourth-order valence-corrected chi connectivity index (χ4v) is 3.95. The summed E-state index contributed by atoms with van der Waals surface area (Å²) in [6.07, 6.45) is 1.80. The first kappa shape index (κ1) is 19.4. The van der Waals surface area contributed by atoms with Gasteiger partial charge >= 0.3 is 5.97 Å². The molecule has 0 aliphatic carbocycles. The van der Waals surface area contributed by atoms with E-state index < -0.39 is 6.04 Å². The number of carbonyl (C=O) groups is 3. The normalized spacial score (nSPS) is 25.6. The van der Waals surface area contributed by atoms with Gasteiger partial charge in [0.05, 0.1) is 38.4 Å². The van der Waals surface area contributed by atoms with Crippen LogP contribution in [0.5, 0.6) is 5.75 Å². The van der Waals surface area contributed by atoms with Gasteiger partial charge in [-0.1, -0.05) is 0 Å². The molecule has 0 spiro atoms. The fourth-order valence-electron chi connectivity index (χ4n) is 3.95. The van der Waals surface area contributed by atoms with Crippen molar-refractivity contribution >= 4 is 23.5 Å². The van der Waals surface area contributed by atoms with Gasteiger partial charge in [-0.25, -0.2) is 4.90 Å². The predicted octanol–water partition coefficient (Wildman–Crippen LogP) is 0.575. The van der Waals surface area contributed by atoms with E-state index >= 15 is 0 Å². The summed E-state index contributed by atoms with van der Waals surface area (Å²) >= 11 is 0. The Labute approximate surface area is 159 Å². The number of quaternary nitrogens is 1. The lowest BCUT2D eigenvalue weighted by Gasteiger charge is -2.31. The van der Waals surface area contributed by atoms with E-state index in [1.54, 1.807) is 31.2 Å². The summed E-state index contributed by atoms with van der Waals surface area (Å²) in [5.74, 6) is -0.0783. The zero-order valence-electron chi connectivity index (χ0n) is 15.9. The standard InChI is InChI=1S/C20H26N2O5/c1-3-26-16-9-7-15(8-10-16)22-18(23)12-17(19(22)24)21-11-5-6-14(13-21)20(25)27-4-2/h7-10,14,17H,3-6,11-13H2,1-2H3/p+1/t14-,17-/m0/s1. The van der Waals surface area contributed by atoms with Crippen LogP contribution >= 0.6 is 0 Å². The number of piperidine rings is 1. The maximum atomic E-state index is 13.0. The Hall–Kier alpha value is -2.41. The number of anilines is 1. The third kappa shape index (κ3) is 4.13. The van der Waals surface area contributed by atoms with E-state index in [0.717, 1.165) is 24.3 Å². The van der Waals surface area contributed by atoms with E-state index in [0.29, 0.717) is 31.2 Å². The van der Waals surface area contributed by atoms with Gasteiger partial charge in [-0.3, -0.25) is 14.4 Å². The molecule has 2 fully saturated rings. The Balaban J connectivity index is 1.70. The van der Waals surface area contributed by atoms with Crippen molar-refractivity contribution in [2.24, 2.45) is 5.92 Å². The largest absolute Gasteiger partial charge is 0.494 e. The number of ether oxygens (including phenoxy) is 2. The van der Waals surface area contributed by atoms with E-state index in [1.807, 2.05) is 6.92 Å². The van der Waals surface area contributed by atoms with Crippen LogP contribution in [0.15, 0.2) is 24.3 Å². The SMILES string of the molecule is CCOC(=O)[C@H]1CCC[NH+]([C@H]2CC(=O)N(c3ccc(OCC)cc3)C2=O)C1. The molecular formula is C20H27N2O5+. The summed E-state index contributed by atoms with van der Waals surface area (Å²) in [7, 11) is 0. The summed E-state index contributed by atoms with van der Waals surface area (Å²) in [6.45, 7) is 5.94. The quantitative estimate of drug-likeness (QED) is 0.581. The molecule has 0 aromatic heterocycles. The summed E-state index contributed by atoms with van der Waals surface area (Å²) in [6, 6.07) is 6.56. The highest BCUT2D eigenvalue weighted by atomic mass is 16.5. The van der Waals surface area contributed by atoms with Gasteiger partial charge in [-0.05, 0) is 51.0 Å². The fraction of sp³-hybridized carbons (Fsp3) is 0.550. The number of carbonyl (C=O) groups excluding carboxylic acids is 3. The maximum Gasteiger partial charge on any atom is 0.314 e. The lowest BCUT2D eigenvalue weighted by Crippen LogP contribution is -3.18. The second-order valence-corrected chi connectivity index (χ2v) is 6.95. The van der Waals surface area contributed by atoms with Crippen LogP contribution < -0.4 is 14.5 Å². The van der Waals surface area contributed by atoms with Crippen LogP contribution in [0.4, 0.5) is 5.69 Å². The first-order valence-electron chi connectivity index (χ1n) is 9.66. The van der Waals surface area contributed by atoms with Crippen LogP contribution in [0.2, 0.25) is 0 Å². The highest BCUT2D eigenvalue weighted by Crippen LogP contribution is 2.25. The Bertz CT molecular complexity index is 703. The van der Waals surface area contributed by atoms with Crippen LogP contribution in [0.3, 0.4) is 0 Å². The maximum absolute atomic E-state index is 13.0. The minimum Gasteiger partial charge on any atom is -0.494 e. The van der Waals surface area contributed by atoms with Gasteiger partial charge < -0.3 is 14.4 Å². The van der Waals surface area contributed by atoms with Gasteiger partial charge in [-0.15, -0.1) is 0 Å². The second-order valence-electron chi connectivity index (χ2n) is 6.95. The first-order chi connectivity index (χ1) is 13.0. The van der Waals surface area contributed by atoms with Gasteiger partial charge in [0.2, 0.25) is 5.91 Å². The molecule has 1 aromatic carbocycles. The third-order valence-corrected chi connectivity index (χ3v) is 5.22. The van der Waals surface area contributed by atoms with Crippen molar-refractivity contribution in [3.63, 3.8) is 0 Å². The third-order valence-electron chi connectivity index (χ3n) is 5.22. The average molecular weight is 375 g/mol. The number of rotatable bonds is 6. The molecule has 7 nitrogen and oxygen atoms in total. The molecule has 146 valence electrons. The molecule has 1 N–H and O–H groups in total. The Morgan fingerprint density at radius 1 is 1.19 bits per heavy atom. The molecule has 3 rings (SSSR count). The minimum absolute atomic E-state index is 0.178. The first-order valence-corrected chi connectivity index (χ1v) is 9.66. The van der Waals surface area contributed by atoms with Crippen LogP contribution in [-0.4, -0.2) is 50.1 Å². The number of amides is 2. The lowest BCUT2D eigenvalue weighted by atomic mass is 9.96. The van der Waals surface area contributed by atoms with Gasteiger partial charge in [0, 0.05) is 0 Å². The Morgan fingerprint density at radius 2 is 1.93 bits per heavy atom. The van der Waals surface area contributed by atoms with Gasteiger partial charge in [0.15, 0.2) is 6.04 Å². The number of hydrogen-bond acceptors (Lipinski definition) is 5. The van der Waals surface area contributed by atoms with Crippen LogP contribution in [0.1, 0.15) is 33.1 Å². The number of nitrogens with zero attached hydrogens (tertiary/aromatic N) is 1. The van der Waals surface area contributed by atoms with Gasteiger partial charge in [-0.2, -0.15) is 0 Å². The zero-order valence-corrected chi connectivity index (χ0v) is 15.9. The molecule has 27 heavy (non-hydrogen) atoms. The summed E-state index contributed by atoms with van der Waals surface area (Å²) < 4.78 is 10.5. The van der Waals surface area contributed by atoms with Crippen molar-refractivity contribution in [2.45, 2.75) is 39.2 Å². The molecule has 7 heteroatoms. The van der Waals surface area contributed by atoms with E-state index in [1.165, 1.54) is 4.90 Å². The number of esters is 1. The van der Waals surface area contributed by atoms with E-state index in [9.17, 15) is 14.4 Å². The molecule has 2 heterocycles. The number of benzene rings is 1. The average Bonchev–Trinajstić information content (AvgIpc) is 2.97. The van der Waals surface area contributed by atoms with Crippen molar-refractivity contribution in [1.82, 2.24) is 0 Å². The number of likely N-dealkylation sites (tertiary alicyclic amines) is 1. The highest BCUT2D eigenvalue weighted by Gasteiger charge is 2.47. The predicted molar refractivity (Wildman–Crippen MR) is 98.6 cm³/mol. The van der Waals surface area contributed by atoms with Crippen LogP contribution in [0, 0.1) is 5.92 Å². The Kier molecular flexibility index (Phi) is 6.11. The minimum atomic E-state index is -0.429. The van der Waals surface area contributed by atoms with Crippen molar-refractivity contribution in [3.05, 3.63) is 24.3 Å². The van der Waals surface area contributed by atoms with Crippen LogP contribution in [-0.2, 0) is 19.1 Å². The summed E-state index contributed by atoms with van der Waals surface area (Å²) in [5, 5.41) is 0. The van der Waals surface area contributed by atoms with Crippen molar-refractivity contribution in [3.8, 4) is 5.75 Å². The van der Waals surface area contributed by atoms with E-state index in [4.69, 9.17) is 9.47 Å². The lowest BCUT2D eigenvalue weighted by molar-refractivity contribution is -0.922. The summed E-state index contributed by atoms with van der Waals surface area (Å²) in [5.41, 5.74) is 0.564. The molecule has 2 aliphatic rings. The molecule has 2 saturated heterocycles. The highest BCUT2D eigenvalue weighted by molar-refractivity contribution is 6.21. The molecule has 1 unspecified atom stereocenters. The molecule has 2 aliphatic heterocycles. The molecule has 0 saturated carbocycles. The van der Waals surface area contributed by atoms with Gasteiger partial charge in [0.1, 0.15) is 11.7 Å². The van der Waals surface area contributed by atoms with Crippen molar-refractivity contribution in [1.29, 1.82) is 0 Å². The van der Waals surface area contributed by atoms with E-state index in [2.05, 4.69) is 0 Å². The molecule has 2 amide bonds. The molecule has 1 aromatic rings. The van der Waals surface area contributed by atoms with Gasteiger partial charge in [0.25, 0.3) is 5.91 Å². The monoisotopic (exact) mass is 375 g/mol. The Morgan fingerprint density at radius 3 is 2.59 bits per heavy atom. The van der Waals surface area contributed by atoms with Crippen LogP contribution in [0.25, 0.3) is 0 Å². The number of nitrogens with one attached hydrogen (secondary N) is 1. The number of hydrogen-bond donors (Lipinski definition) is 1. The number of imide groups is 1. The summed E-state index contributed by atoms with van der Waals surface area (Å²) in [4.78, 5) is 39.8. The van der Waals surface area contributed by atoms with Crippen molar-refractivity contribution in [2.75, 3.05) is 31.2 Å². The zero-order chi connectivity index (χ0) is 19.4. The topological polar surface area (TPSA) is 77.3 Å². The molecule has 0 bridgehead atoms. The molecule has 0 radical (unpaired) electrons. The second kappa shape index (κ2) is 8.52. The molecule has 3 atom stereocenters. The molecular weight excluding hydrogens is 348 g/mol. The van der Waals surface area contributed by atoms with Crippen molar-refractivity contribution < 1.29 is 28.8 Å². The smallest absolute Gasteiger partial charge is 0.314 e.